The summed E-state index contributed by atoms with van der Waals surface area (Å²) in [5.74, 6) is -0.418. The zero-order chi connectivity index (χ0) is 13.6. The van der Waals surface area contributed by atoms with Gasteiger partial charge in [-0.15, -0.1) is 0 Å². The number of rotatable bonds is 7. The molecule has 1 aromatic carbocycles. The summed E-state index contributed by atoms with van der Waals surface area (Å²) >= 11 is 0. The summed E-state index contributed by atoms with van der Waals surface area (Å²) in [6.45, 7) is 4.64. The van der Waals surface area contributed by atoms with Crippen molar-refractivity contribution >= 4 is 10.0 Å². The van der Waals surface area contributed by atoms with E-state index >= 15 is 0 Å². The third-order valence-electron chi connectivity index (χ3n) is 2.53. The molecule has 0 amide bonds. The third-order valence-corrected chi connectivity index (χ3v) is 3.98. The lowest BCUT2D eigenvalue weighted by Crippen LogP contribution is -2.33. The standard InChI is InChI=1S/C12H19FN2O2S/c1-3-14-8-9-18(16,17)15-10(2)11-6-4-5-7-12(11)13/h4-7,10,14-15H,3,8-9H2,1-2H3. The molecular weight excluding hydrogens is 255 g/mol. The van der Waals surface area contributed by atoms with Crippen molar-refractivity contribution in [3.63, 3.8) is 0 Å². The fourth-order valence-electron chi connectivity index (χ4n) is 1.60. The van der Waals surface area contributed by atoms with Crippen LogP contribution < -0.4 is 10.0 Å². The lowest BCUT2D eigenvalue weighted by Gasteiger charge is -2.15. The monoisotopic (exact) mass is 274 g/mol. The molecule has 1 atom stereocenters. The molecule has 2 N–H and O–H groups in total. The SMILES string of the molecule is CCNCCS(=O)(=O)NC(C)c1ccccc1F. The maximum Gasteiger partial charge on any atom is 0.213 e. The molecule has 6 heteroatoms. The molecule has 0 aliphatic rings. The first-order chi connectivity index (χ1) is 8.46. The number of hydrogen-bond donors (Lipinski definition) is 2. The summed E-state index contributed by atoms with van der Waals surface area (Å²) in [6, 6.07) is 5.58. The van der Waals surface area contributed by atoms with E-state index < -0.39 is 21.9 Å². The van der Waals surface area contributed by atoms with Gasteiger partial charge >= 0.3 is 0 Å². The molecule has 1 rings (SSSR count). The summed E-state index contributed by atoms with van der Waals surface area (Å²) in [7, 11) is -3.40. The Bertz CT molecular complexity index is 477. The van der Waals surface area contributed by atoms with E-state index in [1.807, 2.05) is 6.92 Å². The molecule has 1 unspecified atom stereocenters. The number of hydrogen-bond acceptors (Lipinski definition) is 3. The van der Waals surface area contributed by atoms with Crippen molar-refractivity contribution < 1.29 is 12.8 Å². The summed E-state index contributed by atoms with van der Waals surface area (Å²) < 4.78 is 39.4. The van der Waals surface area contributed by atoms with E-state index in [-0.39, 0.29) is 5.75 Å². The van der Waals surface area contributed by atoms with Crippen LogP contribution in [-0.2, 0) is 10.0 Å². The van der Waals surface area contributed by atoms with Crippen LogP contribution in [0.1, 0.15) is 25.5 Å². The van der Waals surface area contributed by atoms with Gasteiger partial charge in [-0.05, 0) is 19.5 Å². The molecule has 4 nitrogen and oxygen atoms in total. The molecule has 0 bridgehead atoms. The summed E-state index contributed by atoms with van der Waals surface area (Å²) in [5.41, 5.74) is 0.351. The van der Waals surface area contributed by atoms with Gasteiger partial charge < -0.3 is 5.32 Å². The molecule has 0 aliphatic carbocycles. The molecule has 0 saturated carbocycles. The van der Waals surface area contributed by atoms with Crippen LogP contribution in [0.4, 0.5) is 4.39 Å². The maximum absolute atomic E-state index is 13.5. The average Bonchev–Trinajstić information content (AvgIpc) is 2.29. The van der Waals surface area contributed by atoms with Gasteiger partial charge in [-0.1, -0.05) is 25.1 Å². The van der Waals surface area contributed by atoms with Crippen molar-refractivity contribution in [2.45, 2.75) is 19.9 Å². The Morgan fingerprint density at radius 1 is 1.33 bits per heavy atom. The van der Waals surface area contributed by atoms with Crippen molar-refractivity contribution in [1.29, 1.82) is 0 Å². The Morgan fingerprint density at radius 2 is 2.00 bits per heavy atom. The van der Waals surface area contributed by atoms with Crippen molar-refractivity contribution in [1.82, 2.24) is 10.0 Å². The van der Waals surface area contributed by atoms with Crippen LogP contribution in [0.5, 0.6) is 0 Å². The highest BCUT2D eigenvalue weighted by Gasteiger charge is 2.17. The minimum atomic E-state index is -3.40. The largest absolute Gasteiger partial charge is 0.316 e. The second-order valence-electron chi connectivity index (χ2n) is 4.03. The van der Waals surface area contributed by atoms with Gasteiger partial charge in [0.15, 0.2) is 0 Å². The van der Waals surface area contributed by atoms with Gasteiger partial charge in [0, 0.05) is 18.2 Å². The number of nitrogens with one attached hydrogen (secondary N) is 2. The first-order valence-corrected chi connectivity index (χ1v) is 7.56. The summed E-state index contributed by atoms with van der Waals surface area (Å²) in [4.78, 5) is 0. The molecular formula is C12H19FN2O2S. The zero-order valence-corrected chi connectivity index (χ0v) is 11.4. The Labute approximate surface area is 108 Å². The molecule has 0 fully saturated rings. The van der Waals surface area contributed by atoms with Crippen LogP contribution in [0.2, 0.25) is 0 Å². The van der Waals surface area contributed by atoms with Crippen molar-refractivity contribution in [2.75, 3.05) is 18.8 Å². The molecule has 0 saturated heterocycles. The van der Waals surface area contributed by atoms with Crippen LogP contribution in [0.15, 0.2) is 24.3 Å². The van der Waals surface area contributed by atoms with E-state index in [0.29, 0.717) is 12.1 Å². The van der Waals surface area contributed by atoms with Crippen LogP contribution >= 0.6 is 0 Å². The van der Waals surface area contributed by atoms with Crippen LogP contribution in [0.25, 0.3) is 0 Å². The van der Waals surface area contributed by atoms with Gasteiger partial charge in [0.2, 0.25) is 10.0 Å². The lowest BCUT2D eigenvalue weighted by atomic mass is 10.1. The Morgan fingerprint density at radius 3 is 2.61 bits per heavy atom. The van der Waals surface area contributed by atoms with Gasteiger partial charge in [-0.25, -0.2) is 17.5 Å². The molecule has 102 valence electrons. The predicted molar refractivity (Wildman–Crippen MR) is 70.3 cm³/mol. The highest BCUT2D eigenvalue weighted by atomic mass is 32.2. The van der Waals surface area contributed by atoms with Crippen LogP contribution in [0, 0.1) is 5.82 Å². The van der Waals surface area contributed by atoms with Gasteiger partial charge in [0.25, 0.3) is 0 Å². The molecule has 0 heterocycles. The lowest BCUT2D eigenvalue weighted by molar-refractivity contribution is 0.548. The maximum atomic E-state index is 13.5. The zero-order valence-electron chi connectivity index (χ0n) is 10.6. The van der Waals surface area contributed by atoms with Crippen LogP contribution in [0.3, 0.4) is 0 Å². The van der Waals surface area contributed by atoms with E-state index in [4.69, 9.17) is 0 Å². The van der Waals surface area contributed by atoms with Crippen LogP contribution in [-0.4, -0.2) is 27.3 Å². The summed E-state index contributed by atoms with van der Waals surface area (Å²) in [5, 5.41) is 2.94. The van der Waals surface area contributed by atoms with E-state index in [1.165, 1.54) is 6.07 Å². The highest BCUT2D eigenvalue weighted by Crippen LogP contribution is 2.16. The van der Waals surface area contributed by atoms with Crippen molar-refractivity contribution in [2.24, 2.45) is 0 Å². The molecule has 0 aliphatic heterocycles. The van der Waals surface area contributed by atoms with E-state index in [0.717, 1.165) is 6.54 Å². The van der Waals surface area contributed by atoms with Gasteiger partial charge in [-0.2, -0.15) is 0 Å². The molecule has 18 heavy (non-hydrogen) atoms. The minimum absolute atomic E-state index is 0.0143. The quantitative estimate of drug-likeness (QED) is 0.739. The topological polar surface area (TPSA) is 58.2 Å². The van der Waals surface area contributed by atoms with Gasteiger partial charge in [0.05, 0.1) is 5.75 Å². The second-order valence-corrected chi connectivity index (χ2v) is 5.91. The van der Waals surface area contributed by atoms with E-state index in [9.17, 15) is 12.8 Å². The fraction of sp³-hybridized carbons (Fsp3) is 0.500. The number of sulfonamides is 1. The molecule has 1 aromatic rings. The first kappa shape index (κ1) is 15.1. The highest BCUT2D eigenvalue weighted by molar-refractivity contribution is 7.89. The molecule has 0 spiro atoms. The fourth-order valence-corrected chi connectivity index (χ4v) is 2.80. The van der Waals surface area contributed by atoms with E-state index in [2.05, 4.69) is 10.0 Å². The Hall–Kier alpha value is -0.980. The van der Waals surface area contributed by atoms with Gasteiger partial charge in [-0.3, -0.25) is 0 Å². The van der Waals surface area contributed by atoms with E-state index in [1.54, 1.807) is 25.1 Å². The predicted octanol–water partition coefficient (Wildman–Crippen LogP) is 1.42. The Kier molecular flexibility index (Phi) is 5.71. The Balaban J connectivity index is 2.64. The number of halogens is 1. The van der Waals surface area contributed by atoms with Crippen molar-refractivity contribution in [3.05, 3.63) is 35.6 Å². The second kappa shape index (κ2) is 6.82. The smallest absolute Gasteiger partial charge is 0.213 e. The first-order valence-electron chi connectivity index (χ1n) is 5.91. The normalized spacial score (nSPS) is 13.5. The average molecular weight is 274 g/mol. The minimum Gasteiger partial charge on any atom is -0.316 e. The molecule has 0 radical (unpaired) electrons. The third kappa shape index (κ3) is 4.72. The van der Waals surface area contributed by atoms with Crippen molar-refractivity contribution in [3.8, 4) is 0 Å². The molecule has 0 aromatic heterocycles. The number of benzene rings is 1. The van der Waals surface area contributed by atoms with Gasteiger partial charge in [0.1, 0.15) is 5.82 Å². The summed E-state index contributed by atoms with van der Waals surface area (Å²) in [6.07, 6.45) is 0.